The Hall–Kier alpha value is -2.87. The monoisotopic (exact) mass is 395 g/mol. The van der Waals surface area contributed by atoms with Crippen LogP contribution in [0.25, 0.3) is 0 Å². The van der Waals surface area contributed by atoms with Gasteiger partial charge in [-0.15, -0.1) is 0 Å². The summed E-state index contributed by atoms with van der Waals surface area (Å²) in [5, 5.41) is 11.3. The second-order valence-corrected chi connectivity index (χ2v) is 7.66. The van der Waals surface area contributed by atoms with Crippen LogP contribution in [0.3, 0.4) is 0 Å². The highest BCUT2D eigenvalue weighted by Crippen LogP contribution is 2.23. The van der Waals surface area contributed by atoms with E-state index in [2.05, 4.69) is 14.9 Å². The first-order chi connectivity index (χ1) is 14.0. The van der Waals surface area contributed by atoms with Crippen molar-refractivity contribution < 1.29 is 4.92 Å². The van der Waals surface area contributed by atoms with Crippen molar-refractivity contribution in [2.45, 2.75) is 52.1 Å². The van der Waals surface area contributed by atoms with Crippen LogP contribution in [-0.4, -0.2) is 38.6 Å². The molecule has 8 nitrogen and oxygen atoms in total. The molecule has 2 aliphatic rings. The molecule has 0 radical (unpaired) electrons. The van der Waals surface area contributed by atoms with Crippen LogP contribution < -0.4 is 5.56 Å². The quantitative estimate of drug-likeness (QED) is 0.619. The molecule has 2 aromatic rings. The van der Waals surface area contributed by atoms with Crippen molar-refractivity contribution in [1.29, 1.82) is 0 Å². The number of nitrogens with one attached hydrogen (secondary N) is 1. The van der Waals surface area contributed by atoms with E-state index < -0.39 is 0 Å². The predicted molar refractivity (Wildman–Crippen MR) is 110 cm³/mol. The highest BCUT2D eigenvalue weighted by atomic mass is 16.6. The van der Waals surface area contributed by atoms with Crippen LogP contribution in [0.1, 0.15) is 54.4 Å². The third-order valence-corrected chi connectivity index (χ3v) is 5.68. The summed E-state index contributed by atoms with van der Waals surface area (Å²) >= 11 is 0. The molecule has 152 valence electrons. The van der Waals surface area contributed by atoms with Crippen LogP contribution in [0.15, 0.2) is 28.0 Å². The summed E-state index contributed by atoms with van der Waals surface area (Å²) in [7, 11) is 0. The van der Waals surface area contributed by atoms with Crippen LogP contribution in [0.2, 0.25) is 0 Å². The van der Waals surface area contributed by atoms with Gasteiger partial charge in [0, 0.05) is 44.2 Å². The molecule has 8 heteroatoms. The van der Waals surface area contributed by atoms with E-state index in [0.717, 1.165) is 54.9 Å². The number of aromatic nitrogens is 2. The molecule has 0 saturated carbocycles. The van der Waals surface area contributed by atoms with Crippen molar-refractivity contribution in [1.82, 2.24) is 14.9 Å². The number of fused-ring (bicyclic) bond motifs is 1. The zero-order valence-electron chi connectivity index (χ0n) is 16.6. The summed E-state index contributed by atoms with van der Waals surface area (Å²) in [5.41, 5.74) is 4.13. The minimum Gasteiger partial charge on any atom is -0.305 e. The molecule has 0 fully saturated rings. The Labute approximate surface area is 168 Å². The van der Waals surface area contributed by atoms with Crippen molar-refractivity contribution in [2.24, 2.45) is 4.99 Å². The highest BCUT2D eigenvalue weighted by molar-refractivity contribution is 5.97. The first-order valence-corrected chi connectivity index (χ1v) is 10.2. The largest absolute Gasteiger partial charge is 0.305 e. The van der Waals surface area contributed by atoms with Crippen LogP contribution in [-0.2, 0) is 25.9 Å². The summed E-state index contributed by atoms with van der Waals surface area (Å²) in [4.78, 5) is 38.0. The number of hydrogen-bond acceptors (Lipinski definition) is 6. The van der Waals surface area contributed by atoms with Gasteiger partial charge < -0.3 is 4.98 Å². The maximum absolute atomic E-state index is 12.7. The number of nitro benzene ring substituents is 1. The average molecular weight is 395 g/mol. The SMILES string of the molecule is CCc1ccc(CN2CCc3nc(C4=NCCCC4)[nH]c(=O)c3C2)cc1[N+](=O)[O-]. The molecule has 0 bridgehead atoms. The van der Waals surface area contributed by atoms with Crippen molar-refractivity contribution >= 4 is 11.4 Å². The Morgan fingerprint density at radius 1 is 1.28 bits per heavy atom. The van der Waals surface area contributed by atoms with Crippen LogP contribution >= 0.6 is 0 Å². The fraction of sp³-hybridized carbons (Fsp3) is 0.476. The summed E-state index contributed by atoms with van der Waals surface area (Å²) in [6.07, 6.45) is 4.35. The fourth-order valence-corrected chi connectivity index (χ4v) is 4.08. The van der Waals surface area contributed by atoms with Gasteiger partial charge in [-0.1, -0.05) is 19.1 Å². The smallest absolute Gasteiger partial charge is 0.272 e. The second kappa shape index (κ2) is 8.24. The number of nitrogens with zero attached hydrogens (tertiary/aromatic N) is 4. The first-order valence-electron chi connectivity index (χ1n) is 10.2. The van der Waals surface area contributed by atoms with Gasteiger partial charge in [0.05, 0.1) is 21.9 Å². The molecule has 0 saturated heterocycles. The third-order valence-electron chi connectivity index (χ3n) is 5.68. The van der Waals surface area contributed by atoms with Gasteiger partial charge in [0.1, 0.15) is 0 Å². The van der Waals surface area contributed by atoms with E-state index in [9.17, 15) is 14.9 Å². The number of benzene rings is 1. The van der Waals surface area contributed by atoms with Crippen LogP contribution in [0.4, 0.5) is 5.69 Å². The Morgan fingerprint density at radius 2 is 2.14 bits per heavy atom. The van der Waals surface area contributed by atoms with Gasteiger partial charge >= 0.3 is 0 Å². The third kappa shape index (κ3) is 4.12. The molecular formula is C21H25N5O3. The molecular weight excluding hydrogens is 370 g/mol. The van der Waals surface area contributed by atoms with Gasteiger partial charge in [0.2, 0.25) is 0 Å². The standard InChI is InChI=1S/C21H25N5O3/c1-2-15-7-6-14(11-19(15)26(28)29)12-25-10-8-17-16(13-25)21(27)24-20(23-17)18-5-3-4-9-22-18/h6-7,11H,2-5,8-10,12-13H2,1H3,(H,23,24,27). The summed E-state index contributed by atoms with van der Waals surface area (Å²) in [6.45, 7) is 4.54. The van der Waals surface area contributed by atoms with E-state index in [-0.39, 0.29) is 16.2 Å². The van der Waals surface area contributed by atoms with Crippen molar-refractivity contribution in [2.75, 3.05) is 13.1 Å². The van der Waals surface area contributed by atoms with Gasteiger partial charge in [0.15, 0.2) is 5.82 Å². The van der Waals surface area contributed by atoms with E-state index in [1.807, 2.05) is 19.1 Å². The molecule has 3 heterocycles. The van der Waals surface area contributed by atoms with Crippen molar-refractivity contribution in [3.63, 3.8) is 0 Å². The van der Waals surface area contributed by atoms with Crippen LogP contribution in [0.5, 0.6) is 0 Å². The van der Waals surface area contributed by atoms with Crippen LogP contribution in [0, 0.1) is 10.1 Å². The minimum absolute atomic E-state index is 0.102. The number of aliphatic imine (C=N–C) groups is 1. The number of aryl methyl sites for hydroxylation is 1. The molecule has 0 spiro atoms. The number of rotatable bonds is 5. The molecule has 0 atom stereocenters. The lowest BCUT2D eigenvalue weighted by Gasteiger charge is -2.28. The lowest BCUT2D eigenvalue weighted by molar-refractivity contribution is -0.385. The van der Waals surface area contributed by atoms with Gasteiger partial charge in [0.25, 0.3) is 11.2 Å². The molecule has 0 unspecified atom stereocenters. The summed E-state index contributed by atoms with van der Waals surface area (Å²) < 4.78 is 0. The van der Waals surface area contributed by atoms with E-state index >= 15 is 0 Å². The number of nitro groups is 1. The van der Waals surface area contributed by atoms with E-state index in [0.29, 0.717) is 37.3 Å². The number of H-pyrrole nitrogens is 1. The lowest BCUT2D eigenvalue weighted by atomic mass is 10.0. The Balaban J connectivity index is 1.53. The number of aromatic amines is 1. The Morgan fingerprint density at radius 3 is 2.86 bits per heavy atom. The zero-order valence-corrected chi connectivity index (χ0v) is 16.6. The molecule has 2 aliphatic heterocycles. The van der Waals surface area contributed by atoms with Gasteiger partial charge in [-0.3, -0.25) is 24.8 Å². The average Bonchev–Trinajstić information content (AvgIpc) is 2.74. The maximum Gasteiger partial charge on any atom is 0.272 e. The summed E-state index contributed by atoms with van der Waals surface area (Å²) in [5.74, 6) is 0.618. The van der Waals surface area contributed by atoms with Gasteiger partial charge in [-0.2, -0.15) is 0 Å². The lowest BCUT2D eigenvalue weighted by Crippen LogP contribution is -2.36. The molecule has 29 heavy (non-hydrogen) atoms. The maximum atomic E-state index is 12.7. The van der Waals surface area contributed by atoms with Gasteiger partial charge in [-0.25, -0.2) is 4.98 Å². The highest BCUT2D eigenvalue weighted by Gasteiger charge is 2.23. The topological polar surface area (TPSA) is 104 Å². The normalized spacial score (nSPS) is 16.9. The fourth-order valence-electron chi connectivity index (χ4n) is 4.08. The second-order valence-electron chi connectivity index (χ2n) is 7.66. The van der Waals surface area contributed by atoms with Crippen molar-refractivity contribution in [3.05, 3.63) is 66.9 Å². The first kappa shape index (κ1) is 19.4. The molecule has 4 rings (SSSR count). The Kier molecular flexibility index (Phi) is 5.53. The summed E-state index contributed by atoms with van der Waals surface area (Å²) in [6, 6.07) is 5.42. The van der Waals surface area contributed by atoms with E-state index in [1.165, 1.54) is 0 Å². The van der Waals surface area contributed by atoms with E-state index in [4.69, 9.17) is 4.98 Å². The molecule has 0 amide bonds. The Bertz CT molecular complexity index is 1030. The van der Waals surface area contributed by atoms with E-state index in [1.54, 1.807) is 6.07 Å². The molecule has 0 aliphatic carbocycles. The predicted octanol–water partition coefficient (Wildman–Crippen LogP) is 2.77. The molecule has 1 aromatic carbocycles. The zero-order chi connectivity index (χ0) is 20.4. The van der Waals surface area contributed by atoms with Gasteiger partial charge in [-0.05, 0) is 31.2 Å². The minimum atomic E-state index is -0.321. The molecule has 1 N–H and O–H groups in total. The molecule has 1 aromatic heterocycles. The number of hydrogen-bond donors (Lipinski definition) is 1. The van der Waals surface area contributed by atoms with Crippen molar-refractivity contribution in [3.8, 4) is 0 Å².